The molecule has 0 aliphatic heterocycles. The van der Waals surface area contributed by atoms with Crippen molar-refractivity contribution in [2.75, 3.05) is 26.7 Å². The van der Waals surface area contributed by atoms with Crippen LogP contribution in [0.4, 0.5) is 0 Å². The van der Waals surface area contributed by atoms with E-state index in [9.17, 15) is 14.4 Å². The fourth-order valence-electron chi connectivity index (χ4n) is 3.13. The number of furan rings is 1. The molecule has 2 amide bonds. The fraction of sp³-hybridized carbons (Fsp3) is 0.429. The van der Waals surface area contributed by atoms with Crippen molar-refractivity contribution in [1.82, 2.24) is 19.9 Å². The van der Waals surface area contributed by atoms with Crippen LogP contribution in [0.3, 0.4) is 0 Å². The lowest BCUT2D eigenvalue weighted by Crippen LogP contribution is -2.46. The van der Waals surface area contributed by atoms with Crippen LogP contribution in [0.15, 0.2) is 58.1 Å². The first-order chi connectivity index (χ1) is 18.1. The number of ether oxygens (including phenoxy) is 1. The number of rotatable bonds is 12. The number of amides is 2. The maximum atomic E-state index is 12.7. The largest absolute Gasteiger partial charge is 0.497 e. The number of Topliss-reactive ketones (excluding diaryl/α,β-unsaturated/α-hetero) is 1. The van der Waals surface area contributed by atoms with Gasteiger partial charge in [-0.3, -0.25) is 14.4 Å². The molecule has 0 aliphatic rings. The number of pyridine rings is 1. The number of carbonyl (C=O) groups excluding carboxylic acids is 3. The highest BCUT2D eigenvalue weighted by Crippen LogP contribution is 2.24. The third kappa shape index (κ3) is 10.5. The number of methoxy groups -OCH3 is 1. The summed E-state index contributed by atoms with van der Waals surface area (Å²) < 4.78 is 12.6. The number of carbonyl (C=O) groups is 3. The van der Waals surface area contributed by atoms with Crippen LogP contribution in [0.1, 0.15) is 51.6 Å². The first-order valence-electron chi connectivity index (χ1n) is 12.6. The van der Waals surface area contributed by atoms with Crippen molar-refractivity contribution in [1.29, 1.82) is 0 Å². The van der Waals surface area contributed by atoms with E-state index in [0.29, 0.717) is 23.3 Å². The van der Waals surface area contributed by atoms with Crippen molar-refractivity contribution < 1.29 is 23.5 Å². The molecule has 2 heterocycles. The van der Waals surface area contributed by atoms with Crippen LogP contribution in [-0.2, 0) is 9.59 Å². The predicted octanol–water partition coefficient (Wildman–Crippen LogP) is 4.72. The Bertz CT molecular complexity index is 1180. The zero-order valence-corrected chi connectivity index (χ0v) is 23.8. The molecular weight excluding hydrogens is 504 g/mol. The van der Waals surface area contributed by atoms with Gasteiger partial charge in [0.1, 0.15) is 16.4 Å². The van der Waals surface area contributed by atoms with E-state index in [1.807, 2.05) is 29.4 Å². The second-order valence-electron chi connectivity index (χ2n) is 9.31. The van der Waals surface area contributed by atoms with Crippen molar-refractivity contribution in [3.05, 3.63) is 54.4 Å². The van der Waals surface area contributed by atoms with Crippen molar-refractivity contribution in [2.45, 2.75) is 52.1 Å². The average molecular weight is 543 g/mol. The van der Waals surface area contributed by atoms with Gasteiger partial charge in [0, 0.05) is 18.1 Å². The van der Waals surface area contributed by atoms with Crippen LogP contribution in [0.25, 0.3) is 11.0 Å². The Balaban J connectivity index is 0.00000118. The zero-order chi connectivity index (χ0) is 28.1. The molecule has 2 N–H and O–H groups in total. The Morgan fingerprint density at radius 1 is 1.11 bits per heavy atom. The Morgan fingerprint density at radius 2 is 1.84 bits per heavy atom. The number of hydrogen-bond donors (Lipinski definition) is 2. The molecule has 206 valence electrons. The topological polar surface area (TPSA) is 114 Å². The minimum atomic E-state index is -0.702. The maximum absolute atomic E-state index is 12.7. The second-order valence-corrected chi connectivity index (χ2v) is 10.4. The van der Waals surface area contributed by atoms with Gasteiger partial charge in [0.05, 0.1) is 26.2 Å². The Hall–Kier alpha value is -3.37. The number of hydrogen-bond acceptors (Lipinski definition) is 8. The number of fused-ring (bicyclic) bond motifs is 1. The monoisotopic (exact) mass is 542 g/mol. The van der Waals surface area contributed by atoms with E-state index in [2.05, 4.69) is 36.4 Å². The zero-order valence-electron chi connectivity index (χ0n) is 22.9. The fourth-order valence-corrected chi connectivity index (χ4v) is 4.11. The number of nitrogens with one attached hydrogen (secondary N) is 2. The standard InChI is InChI=1S/C24H28N4O5S.C4H10/c1-4-11-28(34-23-7-5-6-10-25-23)15-19(29)16(2)27-22(30)14-26-24(31)21-13-17-12-18(32-3)8-9-20(17)33-21;1-4(2)3/h5-10,12-13,16H,4,11,14-15H2,1-3H3,(H,26,31)(H,27,30);4H,1-3H3. The van der Waals surface area contributed by atoms with Gasteiger partial charge in [-0.2, -0.15) is 0 Å². The minimum absolute atomic E-state index is 0.0851. The number of benzene rings is 1. The molecular formula is C28H38N4O5S. The van der Waals surface area contributed by atoms with Gasteiger partial charge < -0.3 is 19.8 Å². The number of ketones is 1. The van der Waals surface area contributed by atoms with E-state index in [1.165, 1.54) is 11.9 Å². The van der Waals surface area contributed by atoms with E-state index < -0.39 is 17.9 Å². The van der Waals surface area contributed by atoms with Gasteiger partial charge in [-0.1, -0.05) is 33.8 Å². The minimum Gasteiger partial charge on any atom is -0.497 e. The lowest BCUT2D eigenvalue weighted by atomic mass is 10.2. The van der Waals surface area contributed by atoms with Gasteiger partial charge in [-0.25, -0.2) is 9.29 Å². The van der Waals surface area contributed by atoms with Crippen LogP contribution in [0.2, 0.25) is 0 Å². The average Bonchev–Trinajstić information content (AvgIpc) is 3.31. The lowest BCUT2D eigenvalue weighted by Gasteiger charge is -2.21. The predicted molar refractivity (Wildman–Crippen MR) is 150 cm³/mol. The number of aromatic nitrogens is 1. The van der Waals surface area contributed by atoms with E-state index >= 15 is 0 Å². The van der Waals surface area contributed by atoms with E-state index in [4.69, 9.17) is 9.15 Å². The first kappa shape index (κ1) is 30.9. The highest BCUT2D eigenvalue weighted by atomic mass is 32.2. The summed E-state index contributed by atoms with van der Waals surface area (Å²) in [5, 5.41) is 6.67. The highest BCUT2D eigenvalue weighted by molar-refractivity contribution is 7.97. The Labute approximate surface area is 228 Å². The first-order valence-corrected chi connectivity index (χ1v) is 13.4. The summed E-state index contributed by atoms with van der Waals surface area (Å²) >= 11 is 1.41. The van der Waals surface area contributed by atoms with Gasteiger partial charge in [-0.05, 0) is 67.6 Å². The molecule has 9 nitrogen and oxygen atoms in total. The van der Waals surface area contributed by atoms with Gasteiger partial charge in [0.25, 0.3) is 5.91 Å². The van der Waals surface area contributed by atoms with E-state index in [-0.39, 0.29) is 24.6 Å². The molecule has 1 aromatic carbocycles. The van der Waals surface area contributed by atoms with Crippen LogP contribution in [-0.4, -0.2) is 59.7 Å². The Kier molecular flexibility index (Phi) is 12.8. The quantitative estimate of drug-likeness (QED) is 0.316. The molecule has 0 radical (unpaired) electrons. The summed E-state index contributed by atoms with van der Waals surface area (Å²) in [6.07, 6.45) is 2.57. The van der Waals surface area contributed by atoms with Crippen LogP contribution in [0, 0.1) is 5.92 Å². The number of nitrogens with zero attached hydrogens (tertiary/aromatic N) is 2. The van der Waals surface area contributed by atoms with Crippen LogP contribution < -0.4 is 15.4 Å². The summed E-state index contributed by atoms with van der Waals surface area (Å²) in [6, 6.07) is 11.7. The van der Waals surface area contributed by atoms with Gasteiger partial charge in [0.2, 0.25) is 5.91 Å². The molecule has 0 bridgehead atoms. The molecule has 0 saturated heterocycles. The molecule has 1 unspecified atom stereocenters. The maximum Gasteiger partial charge on any atom is 0.287 e. The van der Waals surface area contributed by atoms with Gasteiger partial charge in [-0.15, -0.1) is 0 Å². The molecule has 38 heavy (non-hydrogen) atoms. The molecule has 0 spiro atoms. The second kappa shape index (κ2) is 15.8. The molecule has 0 fully saturated rings. The van der Waals surface area contributed by atoms with Crippen molar-refractivity contribution in [3.63, 3.8) is 0 Å². The van der Waals surface area contributed by atoms with Crippen molar-refractivity contribution in [2.24, 2.45) is 5.92 Å². The molecule has 0 saturated carbocycles. The van der Waals surface area contributed by atoms with Crippen molar-refractivity contribution in [3.8, 4) is 5.75 Å². The molecule has 0 aliphatic carbocycles. The molecule has 2 aromatic heterocycles. The SMILES string of the molecule is CC(C)C.CCCN(CC(=O)C(C)NC(=O)CNC(=O)c1cc2cc(OC)ccc2o1)Sc1ccccn1. The third-order valence-corrected chi connectivity index (χ3v) is 5.88. The summed E-state index contributed by atoms with van der Waals surface area (Å²) in [7, 11) is 1.56. The smallest absolute Gasteiger partial charge is 0.287 e. The summed E-state index contributed by atoms with van der Waals surface area (Å²) in [5.74, 6) is 0.440. The molecule has 10 heteroatoms. The molecule has 3 rings (SSSR count). The van der Waals surface area contributed by atoms with E-state index in [1.54, 1.807) is 44.5 Å². The van der Waals surface area contributed by atoms with Crippen LogP contribution >= 0.6 is 11.9 Å². The summed E-state index contributed by atoms with van der Waals surface area (Å²) in [6.45, 7) is 10.7. The lowest BCUT2D eigenvalue weighted by molar-refractivity contribution is -0.126. The summed E-state index contributed by atoms with van der Waals surface area (Å²) in [4.78, 5) is 41.6. The molecule has 1 atom stereocenters. The summed E-state index contributed by atoms with van der Waals surface area (Å²) in [5.41, 5.74) is 0.537. The molecule has 3 aromatic rings. The van der Waals surface area contributed by atoms with E-state index in [0.717, 1.165) is 17.4 Å². The normalized spacial score (nSPS) is 11.6. The third-order valence-electron chi connectivity index (χ3n) is 4.88. The van der Waals surface area contributed by atoms with Crippen molar-refractivity contribution >= 4 is 40.5 Å². The Morgan fingerprint density at radius 3 is 2.47 bits per heavy atom. The van der Waals surface area contributed by atoms with Gasteiger partial charge in [0.15, 0.2) is 11.5 Å². The van der Waals surface area contributed by atoms with Crippen LogP contribution in [0.5, 0.6) is 5.75 Å². The highest BCUT2D eigenvalue weighted by Gasteiger charge is 2.20. The van der Waals surface area contributed by atoms with Gasteiger partial charge >= 0.3 is 0 Å².